The van der Waals surface area contributed by atoms with Gasteiger partial charge in [0.05, 0.1) is 30.5 Å². The molecule has 0 aliphatic carbocycles. The van der Waals surface area contributed by atoms with Gasteiger partial charge in [0.15, 0.2) is 0 Å². The highest BCUT2D eigenvalue weighted by atomic mass is 19.4. The summed E-state index contributed by atoms with van der Waals surface area (Å²) in [5.41, 5.74) is 0.134. The number of likely N-dealkylation sites (N-methyl/N-ethyl adjacent to an activating group) is 1. The van der Waals surface area contributed by atoms with E-state index in [2.05, 4.69) is 14.9 Å². The van der Waals surface area contributed by atoms with Gasteiger partial charge in [0.25, 0.3) is 0 Å². The largest absolute Gasteiger partial charge is 0.493 e. The van der Waals surface area contributed by atoms with Gasteiger partial charge in [0, 0.05) is 49.3 Å². The van der Waals surface area contributed by atoms with E-state index in [1.807, 2.05) is 28.8 Å². The number of hydrogen-bond acceptors (Lipinski definition) is 7. The molecule has 44 heavy (non-hydrogen) atoms. The van der Waals surface area contributed by atoms with Crippen molar-refractivity contribution in [3.05, 3.63) is 41.9 Å². The van der Waals surface area contributed by atoms with Crippen LogP contribution in [-0.2, 0) is 22.3 Å². The summed E-state index contributed by atoms with van der Waals surface area (Å²) >= 11 is 0. The molecule has 234 valence electrons. The van der Waals surface area contributed by atoms with E-state index in [9.17, 15) is 23.2 Å². The van der Waals surface area contributed by atoms with Gasteiger partial charge in [0.1, 0.15) is 17.5 Å². The van der Waals surface area contributed by atoms with Crippen LogP contribution in [0.25, 0.3) is 22.3 Å². The van der Waals surface area contributed by atoms with Gasteiger partial charge in [-0.3, -0.25) is 9.69 Å². The van der Waals surface area contributed by atoms with E-state index >= 15 is 0 Å². The van der Waals surface area contributed by atoms with Crippen molar-refractivity contribution in [1.29, 1.82) is 5.26 Å². The molecule has 1 aromatic carbocycles. The lowest BCUT2D eigenvalue weighted by molar-refractivity contribution is -0.139. The molecule has 0 radical (unpaired) electrons. The molecule has 0 spiro atoms. The van der Waals surface area contributed by atoms with Crippen LogP contribution in [0.2, 0.25) is 0 Å². The molecule has 0 saturated carbocycles. The third kappa shape index (κ3) is 6.40. The van der Waals surface area contributed by atoms with E-state index in [1.165, 1.54) is 6.07 Å². The van der Waals surface area contributed by atoms with Crippen LogP contribution >= 0.6 is 0 Å². The highest BCUT2D eigenvalue weighted by Gasteiger charge is 2.36. The van der Waals surface area contributed by atoms with Crippen molar-refractivity contribution in [2.24, 2.45) is 11.8 Å². The Labute approximate surface area is 254 Å². The minimum Gasteiger partial charge on any atom is -0.493 e. The fraction of sp³-hybridized carbons (Fsp3) is 0.562. The lowest BCUT2D eigenvalue weighted by Gasteiger charge is -2.34. The maximum absolute atomic E-state index is 14.3. The number of alkyl halides is 3. The van der Waals surface area contributed by atoms with Gasteiger partial charge in [-0.1, -0.05) is 0 Å². The SMILES string of the molecule is CN1CCC[C@H]1C(=O)N1CCC(CCOc2ccc(-c3nc(C#N)nc4c3ccn4CC3CCOC3)cc2C(F)(F)F)CC1. The number of halogens is 3. The van der Waals surface area contributed by atoms with Crippen molar-refractivity contribution >= 4 is 16.9 Å². The highest BCUT2D eigenvalue weighted by molar-refractivity contribution is 5.91. The van der Waals surface area contributed by atoms with Gasteiger partial charge in [-0.2, -0.15) is 18.4 Å². The lowest BCUT2D eigenvalue weighted by atomic mass is 9.93. The normalized spacial score (nSPS) is 21.7. The predicted molar refractivity (Wildman–Crippen MR) is 157 cm³/mol. The van der Waals surface area contributed by atoms with Gasteiger partial charge in [-0.25, -0.2) is 9.97 Å². The van der Waals surface area contributed by atoms with Crippen molar-refractivity contribution < 1.29 is 27.4 Å². The number of piperidine rings is 1. The quantitative estimate of drug-likeness (QED) is 0.349. The van der Waals surface area contributed by atoms with Crippen LogP contribution in [0, 0.1) is 23.2 Å². The molecule has 9 nitrogen and oxygen atoms in total. The lowest BCUT2D eigenvalue weighted by Crippen LogP contribution is -2.47. The Morgan fingerprint density at radius 3 is 2.61 bits per heavy atom. The number of carbonyl (C=O) groups excluding carboxylic acids is 1. The molecule has 3 saturated heterocycles. The molecule has 3 aliphatic heterocycles. The second-order valence-corrected chi connectivity index (χ2v) is 12.2. The summed E-state index contributed by atoms with van der Waals surface area (Å²) in [6, 6.07) is 7.64. The maximum atomic E-state index is 14.3. The summed E-state index contributed by atoms with van der Waals surface area (Å²) in [5, 5.41) is 10.2. The minimum absolute atomic E-state index is 0.0319. The van der Waals surface area contributed by atoms with Crippen LogP contribution in [0.15, 0.2) is 30.5 Å². The number of fused-ring (bicyclic) bond motifs is 1. The van der Waals surface area contributed by atoms with E-state index < -0.39 is 11.7 Å². The fourth-order valence-electron chi connectivity index (χ4n) is 6.72. The Hall–Kier alpha value is -3.69. The topological polar surface area (TPSA) is 96.5 Å². The molecule has 12 heteroatoms. The van der Waals surface area contributed by atoms with Crippen LogP contribution in [0.5, 0.6) is 5.75 Å². The van der Waals surface area contributed by atoms with E-state index in [-0.39, 0.29) is 47.3 Å². The molecule has 2 atom stereocenters. The average Bonchev–Trinajstić information content (AvgIpc) is 3.79. The molecule has 1 unspecified atom stereocenters. The van der Waals surface area contributed by atoms with Crippen LogP contribution in [0.1, 0.15) is 49.9 Å². The number of ether oxygens (including phenoxy) is 2. The van der Waals surface area contributed by atoms with E-state index in [0.29, 0.717) is 56.2 Å². The van der Waals surface area contributed by atoms with E-state index in [1.54, 1.807) is 12.1 Å². The molecule has 3 aliphatic rings. The zero-order valence-electron chi connectivity index (χ0n) is 24.9. The third-order valence-corrected chi connectivity index (χ3v) is 9.27. The summed E-state index contributed by atoms with van der Waals surface area (Å²) in [5.74, 6) is 0.441. The molecular weight excluding hydrogens is 573 g/mol. The number of rotatable bonds is 8. The first-order valence-electron chi connectivity index (χ1n) is 15.4. The fourth-order valence-corrected chi connectivity index (χ4v) is 6.72. The molecule has 3 aromatic rings. The number of likely N-dealkylation sites (tertiary alicyclic amines) is 2. The third-order valence-electron chi connectivity index (χ3n) is 9.27. The Morgan fingerprint density at radius 2 is 1.93 bits per heavy atom. The molecule has 2 aromatic heterocycles. The summed E-state index contributed by atoms with van der Waals surface area (Å²) in [6.45, 7) is 4.40. The first kappa shape index (κ1) is 30.3. The monoisotopic (exact) mass is 610 g/mol. The summed E-state index contributed by atoms with van der Waals surface area (Å²) in [6.07, 6.45) is 2.27. The smallest absolute Gasteiger partial charge is 0.419 e. The predicted octanol–water partition coefficient (Wildman–Crippen LogP) is 5.13. The number of nitriles is 1. The van der Waals surface area contributed by atoms with Crippen molar-refractivity contribution in [2.75, 3.05) is 46.5 Å². The zero-order valence-corrected chi connectivity index (χ0v) is 24.9. The van der Waals surface area contributed by atoms with E-state index in [0.717, 1.165) is 44.7 Å². The van der Waals surface area contributed by atoms with Gasteiger partial charge in [0.2, 0.25) is 11.7 Å². The maximum Gasteiger partial charge on any atom is 0.419 e. The van der Waals surface area contributed by atoms with Crippen LogP contribution in [0.4, 0.5) is 13.2 Å². The first-order chi connectivity index (χ1) is 21.2. The van der Waals surface area contributed by atoms with E-state index in [4.69, 9.17) is 9.47 Å². The summed E-state index contributed by atoms with van der Waals surface area (Å²) in [7, 11) is 1.99. The second-order valence-electron chi connectivity index (χ2n) is 12.2. The highest BCUT2D eigenvalue weighted by Crippen LogP contribution is 2.40. The molecule has 6 rings (SSSR count). The van der Waals surface area contributed by atoms with Gasteiger partial charge in [-0.15, -0.1) is 0 Å². The summed E-state index contributed by atoms with van der Waals surface area (Å²) in [4.78, 5) is 25.6. The van der Waals surface area contributed by atoms with Gasteiger partial charge >= 0.3 is 6.18 Å². The van der Waals surface area contributed by atoms with Crippen molar-refractivity contribution in [3.8, 4) is 23.1 Å². The van der Waals surface area contributed by atoms with Crippen molar-refractivity contribution in [1.82, 2.24) is 24.3 Å². The molecule has 3 fully saturated rings. The molecule has 5 heterocycles. The first-order valence-corrected chi connectivity index (χ1v) is 15.4. The molecular formula is C32H37F3N6O3. The standard InChI is InChI=1S/C32H37F3N6O3/c1-39-11-2-3-26(39)31(42)40-12-6-21(7-13-40)10-16-44-27-5-4-23(17-25(27)32(33,34)35)29-24-8-14-41(19-22-9-15-43-20-22)30(24)38-28(18-36)37-29/h4-5,8,14,17,21-22,26H,2-3,6-7,9-13,15-16,19-20H2,1H3/t22?,26-/m0/s1. The number of amides is 1. The van der Waals surface area contributed by atoms with Crippen LogP contribution in [0.3, 0.4) is 0 Å². The Kier molecular flexibility index (Phi) is 8.78. The Balaban J connectivity index is 1.14. The summed E-state index contributed by atoms with van der Waals surface area (Å²) < 4.78 is 55.9. The minimum atomic E-state index is -4.65. The number of nitrogens with zero attached hydrogens (tertiary/aromatic N) is 6. The molecule has 0 N–H and O–H groups in total. The number of carbonyl (C=O) groups is 1. The molecule has 1 amide bonds. The van der Waals surface area contributed by atoms with Crippen molar-refractivity contribution in [2.45, 2.75) is 57.3 Å². The van der Waals surface area contributed by atoms with Gasteiger partial charge in [-0.05, 0) is 82.3 Å². The molecule has 0 bridgehead atoms. The van der Waals surface area contributed by atoms with Gasteiger partial charge < -0.3 is 18.9 Å². The zero-order chi connectivity index (χ0) is 30.8. The number of benzene rings is 1. The second kappa shape index (κ2) is 12.7. The Morgan fingerprint density at radius 1 is 1.11 bits per heavy atom. The van der Waals surface area contributed by atoms with Crippen LogP contribution < -0.4 is 4.74 Å². The number of aromatic nitrogens is 3. The van der Waals surface area contributed by atoms with Crippen molar-refractivity contribution in [3.63, 3.8) is 0 Å². The Bertz CT molecular complexity index is 1540. The average molecular weight is 611 g/mol. The number of hydrogen-bond donors (Lipinski definition) is 0. The van der Waals surface area contributed by atoms with Crippen LogP contribution in [-0.4, -0.2) is 82.8 Å².